The number of ether oxygens (including phenoxy) is 1. The molecular weight excluding hydrogens is 304 g/mol. The molecule has 0 bridgehead atoms. The fourth-order valence-electron chi connectivity index (χ4n) is 2.43. The molecule has 0 fully saturated rings. The van der Waals surface area contributed by atoms with Crippen LogP contribution in [0.25, 0.3) is 0 Å². The number of thiophene rings is 1. The van der Waals surface area contributed by atoms with Crippen LogP contribution in [-0.4, -0.2) is 32.1 Å². The molecular formula is C16H21ClN2OS. The molecule has 1 heterocycles. The van der Waals surface area contributed by atoms with E-state index >= 15 is 0 Å². The largest absolute Gasteiger partial charge is 0.496 e. The Bertz CT molecular complexity index is 559. The standard InChI is InChI=1S/C16H21ClN2OS/c1-19(9-8-12-5-4-10-21-12)14(11-18)16-13(17)6-3-7-15(16)20-2/h3-7,10,14H,8-9,11,18H2,1-2H3. The van der Waals surface area contributed by atoms with Gasteiger partial charge in [0.2, 0.25) is 0 Å². The molecule has 0 aliphatic heterocycles. The zero-order valence-electron chi connectivity index (χ0n) is 12.4. The van der Waals surface area contributed by atoms with Gasteiger partial charge in [-0.05, 0) is 37.0 Å². The second-order valence-electron chi connectivity index (χ2n) is 4.92. The van der Waals surface area contributed by atoms with Crippen molar-refractivity contribution in [2.24, 2.45) is 5.73 Å². The molecule has 21 heavy (non-hydrogen) atoms. The summed E-state index contributed by atoms with van der Waals surface area (Å²) in [5, 5.41) is 2.81. The third kappa shape index (κ3) is 3.98. The van der Waals surface area contributed by atoms with Crippen molar-refractivity contribution in [3.63, 3.8) is 0 Å². The first-order valence-corrected chi connectivity index (χ1v) is 8.18. The van der Waals surface area contributed by atoms with E-state index in [4.69, 9.17) is 22.1 Å². The van der Waals surface area contributed by atoms with Gasteiger partial charge >= 0.3 is 0 Å². The van der Waals surface area contributed by atoms with Gasteiger partial charge in [0.1, 0.15) is 5.75 Å². The van der Waals surface area contributed by atoms with Crippen molar-refractivity contribution in [2.45, 2.75) is 12.5 Å². The van der Waals surface area contributed by atoms with E-state index in [0.717, 1.165) is 24.3 Å². The van der Waals surface area contributed by atoms with E-state index in [9.17, 15) is 0 Å². The van der Waals surface area contributed by atoms with E-state index in [1.165, 1.54) is 4.88 Å². The molecule has 0 saturated heterocycles. The molecule has 0 saturated carbocycles. The normalized spacial score (nSPS) is 12.6. The van der Waals surface area contributed by atoms with Gasteiger partial charge in [-0.3, -0.25) is 4.90 Å². The number of halogens is 1. The number of benzene rings is 1. The van der Waals surface area contributed by atoms with Crippen LogP contribution < -0.4 is 10.5 Å². The highest BCUT2D eigenvalue weighted by Gasteiger charge is 2.22. The van der Waals surface area contributed by atoms with E-state index in [1.807, 2.05) is 18.2 Å². The Balaban J connectivity index is 2.15. The number of likely N-dealkylation sites (N-methyl/N-ethyl adjacent to an activating group) is 1. The molecule has 2 rings (SSSR count). The van der Waals surface area contributed by atoms with E-state index in [-0.39, 0.29) is 6.04 Å². The van der Waals surface area contributed by atoms with Crippen molar-refractivity contribution in [3.05, 3.63) is 51.2 Å². The third-order valence-electron chi connectivity index (χ3n) is 3.61. The summed E-state index contributed by atoms with van der Waals surface area (Å²) >= 11 is 8.15. The Morgan fingerprint density at radius 3 is 2.76 bits per heavy atom. The topological polar surface area (TPSA) is 38.5 Å². The number of methoxy groups -OCH3 is 1. The van der Waals surface area contributed by atoms with Gasteiger partial charge in [0, 0.05) is 28.6 Å². The summed E-state index contributed by atoms with van der Waals surface area (Å²) in [6.45, 7) is 1.43. The number of nitrogens with zero attached hydrogens (tertiary/aromatic N) is 1. The molecule has 1 aromatic carbocycles. The molecule has 2 aromatic rings. The zero-order chi connectivity index (χ0) is 15.2. The molecule has 0 radical (unpaired) electrons. The highest BCUT2D eigenvalue weighted by atomic mass is 35.5. The lowest BCUT2D eigenvalue weighted by Crippen LogP contribution is -2.32. The molecule has 0 aliphatic carbocycles. The Morgan fingerprint density at radius 2 is 2.14 bits per heavy atom. The highest BCUT2D eigenvalue weighted by Crippen LogP contribution is 2.34. The lowest BCUT2D eigenvalue weighted by Gasteiger charge is -2.29. The first kappa shape index (κ1) is 16.3. The number of hydrogen-bond donors (Lipinski definition) is 1. The van der Waals surface area contributed by atoms with Gasteiger partial charge < -0.3 is 10.5 Å². The van der Waals surface area contributed by atoms with Gasteiger partial charge in [-0.25, -0.2) is 0 Å². The molecule has 5 heteroatoms. The van der Waals surface area contributed by atoms with Gasteiger partial charge in [0.25, 0.3) is 0 Å². The maximum atomic E-state index is 6.37. The highest BCUT2D eigenvalue weighted by molar-refractivity contribution is 7.09. The first-order chi connectivity index (χ1) is 10.2. The Labute approximate surface area is 135 Å². The summed E-state index contributed by atoms with van der Waals surface area (Å²) in [6, 6.07) is 9.99. The molecule has 0 spiro atoms. The fraction of sp³-hybridized carbons (Fsp3) is 0.375. The van der Waals surface area contributed by atoms with Crippen LogP contribution in [0, 0.1) is 0 Å². The minimum absolute atomic E-state index is 0.0496. The van der Waals surface area contributed by atoms with Crippen molar-refractivity contribution in [1.82, 2.24) is 4.90 Å². The van der Waals surface area contributed by atoms with E-state index in [0.29, 0.717) is 11.6 Å². The molecule has 114 valence electrons. The predicted octanol–water partition coefficient (Wildman–Crippen LogP) is 3.58. The van der Waals surface area contributed by atoms with Crippen LogP contribution in [0.3, 0.4) is 0 Å². The Morgan fingerprint density at radius 1 is 1.33 bits per heavy atom. The quantitative estimate of drug-likeness (QED) is 0.846. The Kier molecular flexibility index (Phi) is 6.06. The average molecular weight is 325 g/mol. The van der Waals surface area contributed by atoms with Gasteiger partial charge in [-0.1, -0.05) is 23.7 Å². The SMILES string of the molecule is COc1cccc(Cl)c1C(CN)N(C)CCc1cccs1. The number of rotatable bonds is 7. The summed E-state index contributed by atoms with van der Waals surface area (Å²) in [6.07, 6.45) is 1.01. The summed E-state index contributed by atoms with van der Waals surface area (Å²) in [5.41, 5.74) is 6.96. The lowest BCUT2D eigenvalue weighted by molar-refractivity contribution is 0.247. The van der Waals surface area contributed by atoms with Gasteiger partial charge in [-0.15, -0.1) is 11.3 Å². The van der Waals surface area contributed by atoms with Crippen molar-refractivity contribution in [3.8, 4) is 5.75 Å². The predicted molar refractivity (Wildman–Crippen MR) is 90.5 cm³/mol. The summed E-state index contributed by atoms with van der Waals surface area (Å²) < 4.78 is 5.44. The smallest absolute Gasteiger partial charge is 0.125 e. The molecule has 1 unspecified atom stereocenters. The number of hydrogen-bond acceptors (Lipinski definition) is 4. The van der Waals surface area contributed by atoms with Gasteiger partial charge in [-0.2, -0.15) is 0 Å². The fourth-order valence-corrected chi connectivity index (χ4v) is 3.42. The van der Waals surface area contributed by atoms with E-state index in [1.54, 1.807) is 18.4 Å². The van der Waals surface area contributed by atoms with Crippen LogP contribution in [0.1, 0.15) is 16.5 Å². The lowest BCUT2D eigenvalue weighted by atomic mass is 10.0. The van der Waals surface area contributed by atoms with Crippen molar-refractivity contribution in [2.75, 3.05) is 27.2 Å². The van der Waals surface area contributed by atoms with Crippen molar-refractivity contribution < 1.29 is 4.74 Å². The monoisotopic (exact) mass is 324 g/mol. The van der Waals surface area contributed by atoms with Crippen molar-refractivity contribution in [1.29, 1.82) is 0 Å². The maximum absolute atomic E-state index is 6.37. The van der Waals surface area contributed by atoms with Crippen LogP contribution in [0.2, 0.25) is 5.02 Å². The summed E-state index contributed by atoms with van der Waals surface area (Å²) in [5.74, 6) is 0.793. The molecule has 1 aromatic heterocycles. The average Bonchev–Trinajstić information content (AvgIpc) is 3.00. The minimum Gasteiger partial charge on any atom is -0.496 e. The number of nitrogens with two attached hydrogens (primary N) is 1. The maximum Gasteiger partial charge on any atom is 0.125 e. The molecule has 2 N–H and O–H groups in total. The van der Waals surface area contributed by atoms with Gasteiger partial charge in [0.05, 0.1) is 13.2 Å². The second-order valence-corrected chi connectivity index (χ2v) is 6.36. The van der Waals surface area contributed by atoms with Crippen molar-refractivity contribution >= 4 is 22.9 Å². The third-order valence-corrected chi connectivity index (χ3v) is 4.88. The van der Waals surface area contributed by atoms with Gasteiger partial charge in [0.15, 0.2) is 0 Å². The molecule has 0 amide bonds. The van der Waals surface area contributed by atoms with E-state index < -0.39 is 0 Å². The van der Waals surface area contributed by atoms with Crippen LogP contribution in [-0.2, 0) is 6.42 Å². The zero-order valence-corrected chi connectivity index (χ0v) is 14.0. The van der Waals surface area contributed by atoms with E-state index in [2.05, 4.69) is 29.5 Å². The van der Waals surface area contributed by atoms with Crippen LogP contribution in [0.15, 0.2) is 35.7 Å². The first-order valence-electron chi connectivity index (χ1n) is 6.92. The summed E-state index contributed by atoms with van der Waals surface area (Å²) in [7, 11) is 3.74. The molecule has 3 nitrogen and oxygen atoms in total. The minimum atomic E-state index is 0.0496. The van der Waals surface area contributed by atoms with Crippen LogP contribution >= 0.6 is 22.9 Å². The summed E-state index contributed by atoms with van der Waals surface area (Å²) in [4.78, 5) is 3.62. The molecule has 0 aliphatic rings. The van der Waals surface area contributed by atoms with Crippen LogP contribution in [0.4, 0.5) is 0 Å². The Hall–Kier alpha value is -1.07. The van der Waals surface area contributed by atoms with Crippen LogP contribution in [0.5, 0.6) is 5.75 Å². The molecule has 1 atom stereocenters. The second kappa shape index (κ2) is 7.80.